The molecule has 2 aromatic rings. The molecule has 1 atom stereocenters. The number of carbonyl (C=O) groups is 1. The second-order valence-electron chi connectivity index (χ2n) is 5.60. The van der Waals surface area contributed by atoms with Crippen molar-refractivity contribution in [3.63, 3.8) is 0 Å². The molecule has 0 heterocycles. The van der Waals surface area contributed by atoms with Crippen molar-refractivity contribution in [2.45, 2.75) is 31.5 Å². The van der Waals surface area contributed by atoms with E-state index >= 15 is 0 Å². The van der Waals surface area contributed by atoms with E-state index in [4.69, 9.17) is 0 Å². The molecule has 0 aromatic heterocycles. The number of rotatable bonds is 6. The molecule has 22 heavy (non-hydrogen) atoms. The third kappa shape index (κ3) is 3.71. The lowest BCUT2D eigenvalue weighted by Gasteiger charge is -2.19. The molecular formula is C18H19FN2O. The van der Waals surface area contributed by atoms with E-state index in [9.17, 15) is 9.18 Å². The van der Waals surface area contributed by atoms with Crippen LogP contribution >= 0.6 is 0 Å². The number of amides is 1. The third-order valence-corrected chi connectivity index (χ3v) is 3.77. The standard InChI is InChI=1S/C18H19FN2O/c19-16-9-5-4-8-14(16)12-20-17(13-6-2-1-3-7-13)18(22)21-15-10-11-15/h1-9,15,17,20H,10-12H2,(H,21,22)/t17-/m0/s1. The highest BCUT2D eigenvalue weighted by Crippen LogP contribution is 2.21. The second kappa shape index (κ2) is 6.71. The maximum Gasteiger partial charge on any atom is 0.241 e. The summed E-state index contributed by atoms with van der Waals surface area (Å²) >= 11 is 0. The average molecular weight is 298 g/mol. The topological polar surface area (TPSA) is 41.1 Å². The van der Waals surface area contributed by atoms with Crippen LogP contribution in [0.25, 0.3) is 0 Å². The number of benzene rings is 2. The second-order valence-corrected chi connectivity index (χ2v) is 5.60. The first-order valence-electron chi connectivity index (χ1n) is 7.56. The summed E-state index contributed by atoms with van der Waals surface area (Å²) in [6.07, 6.45) is 2.08. The number of hydrogen-bond acceptors (Lipinski definition) is 2. The quantitative estimate of drug-likeness (QED) is 0.861. The molecule has 1 aliphatic carbocycles. The maximum absolute atomic E-state index is 13.7. The van der Waals surface area contributed by atoms with Crippen molar-refractivity contribution in [3.05, 3.63) is 71.5 Å². The van der Waals surface area contributed by atoms with E-state index in [1.54, 1.807) is 18.2 Å². The number of nitrogens with one attached hydrogen (secondary N) is 2. The molecule has 3 rings (SSSR count). The molecule has 1 fully saturated rings. The van der Waals surface area contributed by atoms with Gasteiger partial charge in [0.15, 0.2) is 0 Å². The van der Waals surface area contributed by atoms with Gasteiger partial charge in [0.2, 0.25) is 5.91 Å². The van der Waals surface area contributed by atoms with Crippen molar-refractivity contribution in [3.8, 4) is 0 Å². The molecule has 1 aliphatic rings. The van der Waals surface area contributed by atoms with Crippen LogP contribution in [0.5, 0.6) is 0 Å². The van der Waals surface area contributed by atoms with E-state index in [0.29, 0.717) is 18.2 Å². The van der Waals surface area contributed by atoms with Gasteiger partial charge in [-0.1, -0.05) is 48.5 Å². The summed E-state index contributed by atoms with van der Waals surface area (Å²) in [4.78, 5) is 12.4. The summed E-state index contributed by atoms with van der Waals surface area (Å²) in [5.74, 6) is -0.311. The van der Waals surface area contributed by atoms with E-state index in [0.717, 1.165) is 18.4 Å². The minimum atomic E-state index is -0.471. The molecule has 0 aliphatic heterocycles. The van der Waals surface area contributed by atoms with Crippen molar-refractivity contribution in [2.24, 2.45) is 0 Å². The van der Waals surface area contributed by atoms with E-state index < -0.39 is 6.04 Å². The first kappa shape index (κ1) is 14.7. The Kier molecular flexibility index (Phi) is 4.49. The molecular weight excluding hydrogens is 279 g/mol. The van der Waals surface area contributed by atoms with Crippen LogP contribution in [0.2, 0.25) is 0 Å². The fourth-order valence-corrected chi connectivity index (χ4v) is 2.37. The van der Waals surface area contributed by atoms with Gasteiger partial charge in [0.25, 0.3) is 0 Å². The van der Waals surface area contributed by atoms with Gasteiger partial charge in [0.1, 0.15) is 11.9 Å². The molecule has 0 spiro atoms. The molecule has 114 valence electrons. The predicted molar refractivity (Wildman–Crippen MR) is 83.6 cm³/mol. The molecule has 4 heteroatoms. The van der Waals surface area contributed by atoms with E-state index in [-0.39, 0.29) is 11.7 Å². The molecule has 2 aromatic carbocycles. The molecule has 1 amide bonds. The van der Waals surface area contributed by atoms with Crippen molar-refractivity contribution >= 4 is 5.91 Å². The highest BCUT2D eigenvalue weighted by Gasteiger charge is 2.28. The smallest absolute Gasteiger partial charge is 0.241 e. The fraction of sp³-hybridized carbons (Fsp3) is 0.278. The number of halogens is 1. The van der Waals surface area contributed by atoms with Gasteiger partial charge in [-0.15, -0.1) is 0 Å². The summed E-state index contributed by atoms with van der Waals surface area (Å²) in [5, 5.41) is 6.18. The van der Waals surface area contributed by atoms with Crippen LogP contribution in [0.4, 0.5) is 4.39 Å². The lowest BCUT2D eigenvalue weighted by atomic mass is 10.1. The fourth-order valence-electron chi connectivity index (χ4n) is 2.37. The molecule has 0 radical (unpaired) electrons. The molecule has 1 saturated carbocycles. The minimum absolute atomic E-state index is 0.0509. The summed E-state index contributed by atoms with van der Waals surface area (Å²) in [7, 11) is 0. The summed E-state index contributed by atoms with van der Waals surface area (Å²) in [5.41, 5.74) is 1.44. The highest BCUT2D eigenvalue weighted by atomic mass is 19.1. The zero-order valence-corrected chi connectivity index (χ0v) is 12.3. The Hall–Kier alpha value is -2.20. The Bertz CT molecular complexity index is 641. The van der Waals surface area contributed by atoms with Gasteiger partial charge in [0.05, 0.1) is 0 Å². The molecule has 0 saturated heterocycles. The van der Waals surface area contributed by atoms with Gasteiger partial charge < -0.3 is 5.32 Å². The maximum atomic E-state index is 13.7. The van der Waals surface area contributed by atoms with Gasteiger partial charge in [-0.2, -0.15) is 0 Å². The van der Waals surface area contributed by atoms with Crippen LogP contribution < -0.4 is 10.6 Å². The van der Waals surface area contributed by atoms with Gasteiger partial charge >= 0.3 is 0 Å². The van der Waals surface area contributed by atoms with Crippen LogP contribution in [-0.2, 0) is 11.3 Å². The van der Waals surface area contributed by atoms with Crippen molar-refractivity contribution in [1.29, 1.82) is 0 Å². The molecule has 3 nitrogen and oxygen atoms in total. The molecule has 2 N–H and O–H groups in total. The third-order valence-electron chi connectivity index (χ3n) is 3.77. The lowest BCUT2D eigenvalue weighted by molar-refractivity contribution is -0.123. The normalized spacial score (nSPS) is 15.3. The SMILES string of the molecule is O=C(NC1CC1)[C@@H](NCc1ccccc1F)c1ccccc1. The van der Waals surface area contributed by atoms with Crippen molar-refractivity contribution in [2.75, 3.05) is 0 Å². The first-order chi connectivity index (χ1) is 10.7. The van der Waals surface area contributed by atoms with E-state index in [2.05, 4.69) is 10.6 Å². The van der Waals surface area contributed by atoms with Crippen molar-refractivity contribution < 1.29 is 9.18 Å². The zero-order valence-electron chi connectivity index (χ0n) is 12.3. The summed E-state index contributed by atoms with van der Waals surface area (Å²) in [6, 6.07) is 16.0. The Balaban J connectivity index is 1.73. The number of carbonyl (C=O) groups excluding carboxylic acids is 1. The van der Waals surface area contributed by atoms with Gasteiger partial charge in [0, 0.05) is 18.2 Å². The number of hydrogen-bond donors (Lipinski definition) is 2. The first-order valence-corrected chi connectivity index (χ1v) is 7.56. The van der Waals surface area contributed by atoms with E-state index in [1.807, 2.05) is 30.3 Å². The van der Waals surface area contributed by atoms with Crippen LogP contribution in [-0.4, -0.2) is 11.9 Å². The lowest BCUT2D eigenvalue weighted by Crippen LogP contribution is -2.38. The zero-order chi connectivity index (χ0) is 15.4. The van der Waals surface area contributed by atoms with Gasteiger partial charge in [-0.25, -0.2) is 4.39 Å². The van der Waals surface area contributed by atoms with E-state index in [1.165, 1.54) is 6.07 Å². The van der Waals surface area contributed by atoms with Crippen LogP contribution in [0.1, 0.15) is 30.0 Å². The Labute approximate surface area is 129 Å². The average Bonchev–Trinajstić information content (AvgIpc) is 3.34. The molecule has 0 bridgehead atoms. The predicted octanol–water partition coefficient (Wildman–Crippen LogP) is 2.94. The largest absolute Gasteiger partial charge is 0.352 e. The monoisotopic (exact) mass is 298 g/mol. The van der Waals surface area contributed by atoms with Crippen LogP contribution in [0, 0.1) is 5.82 Å². The Morgan fingerprint density at radius 2 is 1.77 bits per heavy atom. The van der Waals surface area contributed by atoms with Gasteiger partial charge in [-0.05, 0) is 24.5 Å². The van der Waals surface area contributed by atoms with Crippen LogP contribution in [0.15, 0.2) is 54.6 Å². The van der Waals surface area contributed by atoms with Crippen LogP contribution in [0.3, 0.4) is 0 Å². The van der Waals surface area contributed by atoms with Gasteiger partial charge in [-0.3, -0.25) is 10.1 Å². The highest BCUT2D eigenvalue weighted by molar-refractivity contribution is 5.83. The van der Waals surface area contributed by atoms with Crippen molar-refractivity contribution in [1.82, 2.24) is 10.6 Å². The molecule has 0 unspecified atom stereocenters. The Morgan fingerprint density at radius 1 is 1.09 bits per heavy atom. The summed E-state index contributed by atoms with van der Waals surface area (Å²) < 4.78 is 13.7. The minimum Gasteiger partial charge on any atom is -0.352 e. The Morgan fingerprint density at radius 3 is 2.45 bits per heavy atom. The summed E-state index contributed by atoms with van der Waals surface area (Å²) in [6.45, 7) is 0.310.